The van der Waals surface area contributed by atoms with Gasteiger partial charge in [-0.15, -0.1) is 0 Å². The average molecular weight is 450 g/mol. The molecule has 0 aromatic heterocycles. The Bertz CT molecular complexity index is 1520. The van der Waals surface area contributed by atoms with Crippen LogP contribution in [0.25, 0.3) is 11.1 Å². The molecule has 0 radical (unpaired) electrons. The maximum absolute atomic E-state index is 2.47. The summed E-state index contributed by atoms with van der Waals surface area (Å²) in [5.41, 5.74) is 13.4. The molecule has 2 aliphatic rings. The summed E-state index contributed by atoms with van der Waals surface area (Å²) in [7, 11) is 0. The highest BCUT2D eigenvalue weighted by atomic mass is 15.1. The van der Waals surface area contributed by atoms with Gasteiger partial charge in [0.15, 0.2) is 0 Å². The lowest BCUT2D eigenvalue weighted by molar-refractivity contribution is 0.721. The summed E-state index contributed by atoms with van der Waals surface area (Å²) < 4.78 is 0. The average Bonchev–Trinajstić information content (AvgIpc) is 3.21. The Morgan fingerprint density at radius 3 is 1.80 bits per heavy atom. The topological polar surface area (TPSA) is 3.24 Å². The molecule has 0 unspecified atom stereocenters. The third-order valence-corrected chi connectivity index (χ3v) is 7.95. The number of benzene rings is 5. The molecule has 0 N–H and O–H groups in total. The van der Waals surface area contributed by atoms with E-state index in [1.54, 1.807) is 0 Å². The van der Waals surface area contributed by atoms with Crippen molar-refractivity contribution in [2.24, 2.45) is 0 Å². The van der Waals surface area contributed by atoms with Crippen LogP contribution in [0.15, 0.2) is 121 Å². The van der Waals surface area contributed by atoms with Crippen LogP contribution in [0.3, 0.4) is 0 Å². The van der Waals surface area contributed by atoms with Crippen molar-refractivity contribution in [3.8, 4) is 11.1 Å². The van der Waals surface area contributed by atoms with Crippen LogP contribution in [0.4, 0.5) is 11.4 Å². The lowest BCUT2D eigenvalue weighted by Crippen LogP contribution is -2.34. The molecule has 0 aliphatic heterocycles. The monoisotopic (exact) mass is 449 g/mol. The van der Waals surface area contributed by atoms with E-state index in [0.29, 0.717) is 0 Å². The molecule has 5 aromatic carbocycles. The zero-order valence-electron chi connectivity index (χ0n) is 19.9. The molecule has 0 heterocycles. The number of hydrogen-bond donors (Lipinski definition) is 0. The van der Waals surface area contributed by atoms with Gasteiger partial charge in [-0.3, -0.25) is 0 Å². The standard InChI is InChI=1S/C34H27N/c1-2-35(26-13-4-3-5-14-26)27-21-20-25-22-24-12-6-9-17-30(24)34(33(25)23-27)31-18-10-7-15-28(31)29-16-8-11-19-32(29)34/h3-21,23H,2,22H2,1H3. The van der Waals surface area contributed by atoms with Gasteiger partial charge in [0.05, 0.1) is 5.41 Å². The van der Waals surface area contributed by atoms with E-state index in [4.69, 9.17) is 0 Å². The second-order valence-corrected chi connectivity index (χ2v) is 9.60. The maximum Gasteiger partial charge on any atom is 0.0719 e. The van der Waals surface area contributed by atoms with Gasteiger partial charge in [0.2, 0.25) is 0 Å². The van der Waals surface area contributed by atoms with E-state index < -0.39 is 0 Å². The summed E-state index contributed by atoms with van der Waals surface area (Å²) in [6.45, 7) is 3.15. The van der Waals surface area contributed by atoms with Gasteiger partial charge >= 0.3 is 0 Å². The van der Waals surface area contributed by atoms with Gasteiger partial charge in [0.25, 0.3) is 0 Å². The molecule has 0 atom stereocenters. The van der Waals surface area contributed by atoms with Crippen molar-refractivity contribution < 1.29 is 0 Å². The maximum atomic E-state index is 2.47. The van der Waals surface area contributed by atoms with Crippen LogP contribution in [0.2, 0.25) is 0 Å². The summed E-state index contributed by atoms with van der Waals surface area (Å²) >= 11 is 0. The van der Waals surface area contributed by atoms with E-state index in [-0.39, 0.29) is 5.41 Å². The second-order valence-electron chi connectivity index (χ2n) is 9.60. The third-order valence-electron chi connectivity index (χ3n) is 7.95. The van der Waals surface area contributed by atoms with Gasteiger partial charge < -0.3 is 4.90 Å². The summed E-state index contributed by atoms with van der Waals surface area (Å²) in [4.78, 5) is 2.42. The SMILES string of the molecule is CCN(c1ccccc1)c1ccc2c(c1)C1(c3ccccc3C2)c2ccccc2-c2ccccc21. The van der Waals surface area contributed by atoms with Crippen LogP contribution in [0.5, 0.6) is 0 Å². The van der Waals surface area contributed by atoms with Crippen LogP contribution < -0.4 is 4.90 Å². The van der Waals surface area contributed by atoms with Gasteiger partial charge in [0, 0.05) is 17.9 Å². The minimum atomic E-state index is -0.302. The first-order chi connectivity index (χ1) is 17.3. The molecular formula is C34H27N. The number of nitrogens with zero attached hydrogens (tertiary/aromatic N) is 1. The van der Waals surface area contributed by atoms with Gasteiger partial charge in [0.1, 0.15) is 0 Å². The first kappa shape index (κ1) is 20.3. The molecule has 7 rings (SSSR count). The van der Waals surface area contributed by atoms with Crippen molar-refractivity contribution in [3.05, 3.63) is 155 Å². The number of para-hydroxylation sites is 1. The Morgan fingerprint density at radius 2 is 1.11 bits per heavy atom. The van der Waals surface area contributed by atoms with E-state index in [1.165, 1.54) is 55.9 Å². The summed E-state index contributed by atoms with van der Waals surface area (Å²) in [6, 6.07) is 45.0. The second kappa shape index (κ2) is 7.71. The predicted octanol–water partition coefficient (Wildman–Crippen LogP) is 8.11. The lowest BCUT2D eigenvalue weighted by Gasteiger charge is -2.41. The number of rotatable bonds is 3. The van der Waals surface area contributed by atoms with Crippen molar-refractivity contribution in [3.63, 3.8) is 0 Å². The van der Waals surface area contributed by atoms with Gasteiger partial charge in [-0.1, -0.05) is 97.1 Å². The first-order valence-corrected chi connectivity index (χ1v) is 12.6. The molecule has 0 bridgehead atoms. The van der Waals surface area contributed by atoms with Crippen LogP contribution in [0.1, 0.15) is 40.3 Å². The molecule has 0 amide bonds. The Morgan fingerprint density at radius 1 is 0.543 bits per heavy atom. The molecule has 168 valence electrons. The van der Waals surface area contributed by atoms with Crippen molar-refractivity contribution in [2.45, 2.75) is 18.8 Å². The van der Waals surface area contributed by atoms with Crippen molar-refractivity contribution in [2.75, 3.05) is 11.4 Å². The van der Waals surface area contributed by atoms with Crippen LogP contribution in [-0.4, -0.2) is 6.54 Å². The molecule has 35 heavy (non-hydrogen) atoms. The Balaban J connectivity index is 1.56. The van der Waals surface area contributed by atoms with Crippen LogP contribution in [-0.2, 0) is 11.8 Å². The fourth-order valence-corrected chi connectivity index (χ4v) is 6.56. The van der Waals surface area contributed by atoms with E-state index in [1.807, 2.05) is 0 Å². The molecular weight excluding hydrogens is 422 g/mol. The van der Waals surface area contributed by atoms with Crippen LogP contribution >= 0.6 is 0 Å². The lowest BCUT2D eigenvalue weighted by atomic mass is 9.61. The highest BCUT2D eigenvalue weighted by Gasteiger charge is 2.49. The molecule has 1 nitrogen and oxygen atoms in total. The van der Waals surface area contributed by atoms with Crippen molar-refractivity contribution >= 4 is 11.4 Å². The number of fused-ring (bicyclic) bond motifs is 9. The minimum absolute atomic E-state index is 0.302. The molecule has 2 aliphatic carbocycles. The Labute approximate surface area is 207 Å². The zero-order chi connectivity index (χ0) is 23.4. The molecule has 1 heteroatoms. The smallest absolute Gasteiger partial charge is 0.0719 e. The van der Waals surface area contributed by atoms with Crippen molar-refractivity contribution in [1.29, 1.82) is 0 Å². The highest BCUT2D eigenvalue weighted by molar-refractivity contribution is 5.88. The molecule has 1 spiro atoms. The third kappa shape index (κ3) is 2.76. The Hall–Kier alpha value is -4.10. The fraction of sp³-hybridized carbons (Fsp3) is 0.118. The van der Waals surface area contributed by atoms with Crippen molar-refractivity contribution in [1.82, 2.24) is 0 Å². The van der Waals surface area contributed by atoms with Crippen LogP contribution in [0, 0.1) is 0 Å². The summed E-state index contributed by atoms with van der Waals surface area (Å²) in [6.07, 6.45) is 0.968. The predicted molar refractivity (Wildman–Crippen MR) is 146 cm³/mol. The normalized spacial score (nSPS) is 14.1. The summed E-state index contributed by atoms with van der Waals surface area (Å²) in [5, 5.41) is 0. The van der Waals surface area contributed by atoms with Gasteiger partial charge in [-0.25, -0.2) is 0 Å². The van der Waals surface area contributed by atoms with Gasteiger partial charge in [-0.05, 0) is 82.1 Å². The van der Waals surface area contributed by atoms with E-state index in [0.717, 1.165) is 13.0 Å². The molecule has 0 fully saturated rings. The Kier molecular flexibility index (Phi) is 4.47. The quantitative estimate of drug-likeness (QED) is 0.263. The number of anilines is 2. The number of hydrogen-bond acceptors (Lipinski definition) is 1. The minimum Gasteiger partial charge on any atom is -0.342 e. The zero-order valence-corrected chi connectivity index (χ0v) is 19.9. The first-order valence-electron chi connectivity index (χ1n) is 12.6. The fourth-order valence-electron chi connectivity index (χ4n) is 6.56. The van der Waals surface area contributed by atoms with E-state index in [9.17, 15) is 0 Å². The van der Waals surface area contributed by atoms with E-state index in [2.05, 4.69) is 133 Å². The summed E-state index contributed by atoms with van der Waals surface area (Å²) in [5.74, 6) is 0. The molecule has 0 saturated carbocycles. The molecule has 5 aromatic rings. The van der Waals surface area contributed by atoms with Gasteiger partial charge in [-0.2, -0.15) is 0 Å². The van der Waals surface area contributed by atoms with E-state index >= 15 is 0 Å². The highest BCUT2D eigenvalue weighted by Crippen LogP contribution is 2.59. The molecule has 0 saturated heterocycles. The largest absolute Gasteiger partial charge is 0.342 e.